The summed E-state index contributed by atoms with van der Waals surface area (Å²) in [5, 5.41) is 0. The molecule has 0 spiro atoms. The first kappa shape index (κ1) is 17.7. The highest BCUT2D eigenvalue weighted by atomic mass is 32.2. The topological polar surface area (TPSA) is 43.0 Å². The van der Waals surface area contributed by atoms with Gasteiger partial charge in [0.15, 0.2) is 9.84 Å². The van der Waals surface area contributed by atoms with Crippen molar-refractivity contribution in [2.24, 2.45) is 0 Å². The van der Waals surface area contributed by atoms with Gasteiger partial charge in [-0.25, -0.2) is 8.42 Å². The van der Waals surface area contributed by atoms with Crippen LogP contribution in [-0.2, 0) is 9.84 Å². The summed E-state index contributed by atoms with van der Waals surface area (Å²) in [5.74, 6) is 0.771. The van der Waals surface area contributed by atoms with Gasteiger partial charge in [0.2, 0.25) is 0 Å². The second kappa shape index (κ2) is 7.51. The molecular weight excluding hydrogens is 344 g/mol. The van der Waals surface area contributed by atoms with E-state index in [1.807, 2.05) is 0 Å². The molecule has 2 aliphatic heterocycles. The molecule has 2 aromatic carbocycles. The molecule has 2 heterocycles. The Morgan fingerprint density at radius 2 is 1.35 bits per heavy atom. The lowest BCUT2D eigenvalue weighted by Crippen LogP contribution is -3.29. The summed E-state index contributed by atoms with van der Waals surface area (Å²) in [4.78, 5) is 3.08. The van der Waals surface area contributed by atoms with Gasteiger partial charge in [0, 0.05) is 17.5 Å². The molecule has 2 aliphatic rings. The monoisotopic (exact) mass is 372 g/mol. The first-order valence-corrected chi connectivity index (χ1v) is 11.4. The van der Waals surface area contributed by atoms with Crippen LogP contribution < -0.4 is 9.80 Å². The summed E-state index contributed by atoms with van der Waals surface area (Å²) in [5.41, 5.74) is 2.72. The Kier molecular flexibility index (Phi) is 5.11. The molecule has 1 atom stereocenters. The summed E-state index contributed by atoms with van der Waals surface area (Å²) in [6, 6.07) is 22.2. The number of rotatable bonds is 4. The van der Waals surface area contributed by atoms with Gasteiger partial charge in [0.25, 0.3) is 0 Å². The lowest BCUT2D eigenvalue weighted by molar-refractivity contribution is -1.03. The van der Waals surface area contributed by atoms with E-state index in [1.165, 1.54) is 16.0 Å². The molecule has 2 fully saturated rings. The van der Waals surface area contributed by atoms with E-state index in [1.54, 1.807) is 4.90 Å². The normalized spacial score (nSPS) is 28.3. The predicted molar refractivity (Wildman–Crippen MR) is 103 cm³/mol. The fourth-order valence-corrected chi connectivity index (χ4v) is 6.49. The third-order valence-corrected chi connectivity index (χ3v) is 7.79. The van der Waals surface area contributed by atoms with Crippen LogP contribution in [0.25, 0.3) is 0 Å². The maximum absolute atomic E-state index is 11.8. The molecule has 0 bridgehead atoms. The van der Waals surface area contributed by atoms with Crippen LogP contribution >= 0.6 is 0 Å². The number of nitrogens with one attached hydrogen (secondary N) is 2. The van der Waals surface area contributed by atoms with Crippen LogP contribution in [0, 0.1) is 0 Å². The molecule has 2 aromatic rings. The Bertz CT molecular complexity index is 776. The van der Waals surface area contributed by atoms with Gasteiger partial charge in [-0.15, -0.1) is 0 Å². The number of piperazine rings is 1. The lowest BCUT2D eigenvalue weighted by Gasteiger charge is -2.37. The van der Waals surface area contributed by atoms with E-state index in [0.717, 1.165) is 32.6 Å². The van der Waals surface area contributed by atoms with Gasteiger partial charge in [-0.1, -0.05) is 60.7 Å². The third kappa shape index (κ3) is 3.85. The van der Waals surface area contributed by atoms with Gasteiger partial charge in [0.1, 0.15) is 44.0 Å². The highest BCUT2D eigenvalue weighted by molar-refractivity contribution is 7.91. The van der Waals surface area contributed by atoms with Crippen molar-refractivity contribution in [3.8, 4) is 0 Å². The van der Waals surface area contributed by atoms with Crippen molar-refractivity contribution in [1.82, 2.24) is 0 Å². The summed E-state index contributed by atoms with van der Waals surface area (Å²) >= 11 is 0. The molecule has 4 nitrogen and oxygen atoms in total. The van der Waals surface area contributed by atoms with E-state index in [2.05, 4.69) is 60.7 Å². The average molecular weight is 373 g/mol. The van der Waals surface area contributed by atoms with Crippen LogP contribution in [0.5, 0.6) is 0 Å². The zero-order chi connectivity index (χ0) is 18.0. The molecule has 0 amide bonds. The fourth-order valence-electron chi connectivity index (χ4n) is 4.66. The van der Waals surface area contributed by atoms with Crippen LogP contribution in [0.2, 0.25) is 0 Å². The minimum absolute atomic E-state index is 0.313. The highest BCUT2D eigenvalue weighted by Gasteiger charge is 2.39. The van der Waals surface area contributed by atoms with Gasteiger partial charge in [-0.2, -0.15) is 0 Å². The van der Waals surface area contributed by atoms with Crippen molar-refractivity contribution in [2.75, 3.05) is 37.7 Å². The van der Waals surface area contributed by atoms with E-state index in [4.69, 9.17) is 0 Å². The molecular formula is C21H28N2O2S+2. The van der Waals surface area contributed by atoms with Crippen LogP contribution in [-0.4, -0.2) is 52.1 Å². The highest BCUT2D eigenvalue weighted by Crippen LogP contribution is 2.19. The molecule has 2 N–H and O–H groups in total. The second-order valence-corrected chi connectivity index (χ2v) is 9.90. The standard InChI is InChI=1S/C21H26N2O2S/c24-26(25)16-11-20(17-26)22-12-14-23(15-13-22)21(18-7-3-1-4-8-18)19-9-5-2-6-10-19/h1-10,20-21H,11-17H2/p+2/t20-/m0/s1. The Balaban J connectivity index is 1.50. The first-order chi connectivity index (χ1) is 12.6. The van der Waals surface area contributed by atoms with Crippen molar-refractivity contribution in [3.63, 3.8) is 0 Å². The van der Waals surface area contributed by atoms with Gasteiger partial charge in [0.05, 0.1) is 5.75 Å². The molecule has 138 valence electrons. The Hall–Kier alpha value is -1.69. The first-order valence-electron chi connectivity index (χ1n) is 9.62. The largest absolute Gasteiger partial charge is 0.322 e. The van der Waals surface area contributed by atoms with Crippen molar-refractivity contribution in [2.45, 2.75) is 18.5 Å². The summed E-state index contributed by atoms with van der Waals surface area (Å²) < 4.78 is 23.6. The zero-order valence-corrected chi connectivity index (χ0v) is 15.9. The van der Waals surface area contributed by atoms with Gasteiger partial charge >= 0.3 is 0 Å². The molecule has 0 aromatic heterocycles. The van der Waals surface area contributed by atoms with E-state index in [-0.39, 0.29) is 0 Å². The molecule has 4 rings (SSSR count). The van der Waals surface area contributed by atoms with E-state index >= 15 is 0 Å². The molecule has 26 heavy (non-hydrogen) atoms. The molecule has 0 aliphatic carbocycles. The minimum atomic E-state index is -2.79. The van der Waals surface area contributed by atoms with Crippen molar-refractivity contribution < 1.29 is 18.2 Å². The molecule has 2 saturated heterocycles. The maximum atomic E-state index is 11.8. The third-order valence-electron chi connectivity index (χ3n) is 6.02. The summed E-state index contributed by atoms with van der Waals surface area (Å²) in [6.45, 7) is 4.29. The number of benzene rings is 2. The van der Waals surface area contributed by atoms with Crippen molar-refractivity contribution in [1.29, 1.82) is 0 Å². The summed E-state index contributed by atoms with van der Waals surface area (Å²) in [7, 11) is -2.79. The number of quaternary nitrogens is 2. The van der Waals surface area contributed by atoms with Crippen molar-refractivity contribution in [3.05, 3.63) is 71.8 Å². The van der Waals surface area contributed by atoms with E-state index in [9.17, 15) is 8.42 Å². The number of hydrogen-bond donors (Lipinski definition) is 2. The molecule has 0 unspecified atom stereocenters. The second-order valence-electron chi connectivity index (χ2n) is 7.67. The predicted octanol–water partition coefficient (Wildman–Crippen LogP) is -0.253. The number of hydrogen-bond acceptors (Lipinski definition) is 2. The molecule has 0 radical (unpaired) electrons. The van der Waals surface area contributed by atoms with Crippen LogP contribution in [0.3, 0.4) is 0 Å². The smallest absolute Gasteiger partial charge is 0.156 e. The Morgan fingerprint density at radius 1 is 0.808 bits per heavy atom. The quantitative estimate of drug-likeness (QED) is 0.777. The summed E-state index contributed by atoms with van der Waals surface area (Å²) in [6.07, 6.45) is 0.841. The van der Waals surface area contributed by atoms with Crippen LogP contribution in [0.4, 0.5) is 0 Å². The minimum Gasteiger partial charge on any atom is -0.322 e. The Labute approximate surface area is 156 Å². The Morgan fingerprint density at radius 3 is 1.81 bits per heavy atom. The number of sulfone groups is 1. The van der Waals surface area contributed by atoms with E-state index < -0.39 is 9.84 Å². The van der Waals surface area contributed by atoms with Crippen LogP contribution in [0.1, 0.15) is 23.6 Å². The van der Waals surface area contributed by atoms with Gasteiger partial charge < -0.3 is 9.80 Å². The molecule has 5 heteroatoms. The fraction of sp³-hybridized carbons (Fsp3) is 0.429. The maximum Gasteiger partial charge on any atom is 0.156 e. The van der Waals surface area contributed by atoms with Gasteiger partial charge in [-0.3, -0.25) is 0 Å². The van der Waals surface area contributed by atoms with E-state index in [0.29, 0.717) is 23.6 Å². The zero-order valence-electron chi connectivity index (χ0n) is 15.1. The molecule has 0 saturated carbocycles. The lowest BCUT2D eigenvalue weighted by atomic mass is 9.96. The van der Waals surface area contributed by atoms with Gasteiger partial charge in [-0.05, 0) is 0 Å². The average Bonchev–Trinajstić information content (AvgIpc) is 3.04. The van der Waals surface area contributed by atoms with Crippen molar-refractivity contribution >= 4 is 9.84 Å². The SMILES string of the molecule is O=S1(=O)CC[C@H]([NH+]2CC[NH+](C(c3ccccc3)c3ccccc3)CC2)C1. The van der Waals surface area contributed by atoms with Crippen LogP contribution in [0.15, 0.2) is 60.7 Å².